The van der Waals surface area contributed by atoms with Gasteiger partial charge in [-0.05, 0) is 59.3 Å². The van der Waals surface area contributed by atoms with Gasteiger partial charge in [-0.1, -0.05) is 78.9 Å². The number of nitrogens with zero attached hydrogens (tertiary/aromatic N) is 6. The summed E-state index contributed by atoms with van der Waals surface area (Å²) in [7, 11) is 0. The van der Waals surface area contributed by atoms with Gasteiger partial charge < -0.3 is 0 Å². The predicted octanol–water partition coefficient (Wildman–Crippen LogP) is 8.41. The van der Waals surface area contributed by atoms with Gasteiger partial charge in [-0.2, -0.15) is 11.3 Å². The second-order valence-electron chi connectivity index (χ2n) is 7.96. The third kappa shape index (κ3) is 9.24. The molecule has 6 nitrogen and oxygen atoms in total. The van der Waals surface area contributed by atoms with Crippen LogP contribution in [0.15, 0.2) is 169 Å². The number of pyridine rings is 2. The molecule has 0 radical (unpaired) electrons. The smallest absolute Gasteiger partial charge is 0.237 e. The fourth-order valence-corrected chi connectivity index (χ4v) is 3.89. The largest absolute Gasteiger partial charge is 0.279 e. The van der Waals surface area contributed by atoms with E-state index in [1.165, 1.54) is 18.0 Å². The van der Waals surface area contributed by atoms with Crippen LogP contribution in [0.4, 0.5) is 17.3 Å². The summed E-state index contributed by atoms with van der Waals surface area (Å²) in [5, 5.41) is 5.28. The van der Waals surface area contributed by atoms with Crippen LogP contribution in [0, 0.1) is 0 Å². The van der Waals surface area contributed by atoms with Gasteiger partial charge in [-0.15, -0.1) is 0 Å². The van der Waals surface area contributed by atoms with Gasteiger partial charge >= 0.3 is 0 Å². The number of para-hydroxylation sites is 3. The van der Waals surface area contributed by atoms with Crippen molar-refractivity contribution in [2.45, 2.75) is 0 Å². The zero-order chi connectivity index (χ0) is 27.5. The lowest BCUT2D eigenvalue weighted by atomic mass is 10.2. The number of hydrogen-bond donors (Lipinski definition) is 0. The second kappa shape index (κ2) is 16.5. The molecule has 40 heavy (non-hydrogen) atoms. The van der Waals surface area contributed by atoms with Gasteiger partial charge in [0.1, 0.15) is 12.7 Å². The molecule has 7 rings (SSSR count). The fraction of sp³-hybridized carbons (Fsp3) is 0. The van der Waals surface area contributed by atoms with Gasteiger partial charge in [-0.3, -0.25) is 14.9 Å². The van der Waals surface area contributed by atoms with E-state index in [1.54, 1.807) is 23.7 Å². The van der Waals surface area contributed by atoms with Crippen LogP contribution in [0.5, 0.6) is 0 Å². The van der Waals surface area contributed by atoms with E-state index in [4.69, 9.17) is 0 Å². The summed E-state index contributed by atoms with van der Waals surface area (Å²) in [4.78, 5) is 22.3. The van der Waals surface area contributed by atoms with Gasteiger partial charge in [0.05, 0.1) is 5.52 Å². The molecule has 196 valence electrons. The molecule has 0 atom stereocenters. The zero-order valence-corrected chi connectivity index (χ0v) is 22.6. The molecule has 0 aliphatic heterocycles. The molecule has 0 unspecified atom stereocenters. The van der Waals surface area contributed by atoms with Gasteiger partial charge in [0.15, 0.2) is 0 Å². The fourth-order valence-electron chi connectivity index (χ4n) is 3.44. The van der Waals surface area contributed by atoms with Crippen molar-refractivity contribution in [1.29, 1.82) is 0 Å². The van der Waals surface area contributed by atoms with E-state index in [1.807, 2.05) is 137 Å². The first-order valence-corrected chi connectivity index (χ1v) is 13.5. The SMILES string of the molecule is c1ccc(N(c2ccccc2)c2ncncn2)cc1.c1ccc2ncccc2c1.c1ccncc1.c1ccsc1. The van der Waals surface area contributed by atoms with Crippen molar-refractivity contribution < 1.29 is 0 Å². The molecule has 0 saturated heterocycles. The Labute approximate surface area is 238 Å². The van der Waals surface area contributed by atoms with Crippen molar-refractivity contribution in [3.8, 4) is 0 Å². The van der Waals surface area contributed by atoms with Crippen LogP contribution in [0.25, 0.3) is 10.9 Å². The summed E-state index contributed by atoms with van der Waals surface area (Å²) >= 11 is 1.71. The van der Waals surface area contributed by atoms with E-state index < -0.39 is 0 Å². The summed E-state index contributed by atoms with van der Waals surface area (Å²) in [6.07, 6.45) is 8.31. The highest BCUT2D eigenvalue weighted by Crippen LogP contribution is 2.30. The molecule has 4 heterocycles. The molecule has 7 aromatic rings. The minimum atomic E-state index is 0.604. The van der Waals surface area contributed by atoms with E-state index in [-0.39, 0.29) is 0 Å². The first-order valence-electron chi connectivity index (χ1n) is 12.6. The molecule has 0 fully saturated rings. The zero-order valence-electron chi connectivity index (χ0n) is 21.8. The molecule has 0 aliphatic rings. The first kappa shape index (κ1) is 27.8. The Hall–Kier alpha value is -5.27. The van der Waals surface area contributed by atoms with Crippen molar-refractivity contribution in [2.24, 2.45) is 0 Å². The second-order valence-corrected chi connectivity index (χ2v) is 8.78. The van der Waals surface area contributed by atoms with E-state index in [0.717, 1.165) is 16.9 Å². The Morgan fingerprint density at radius 1 is 0.450 bits per heavy atom. The molecule has 0 aliphatic carbocycles. The van der Waals surface area contributed by atoms with E-state index in [2.05, 4.69) is 37.1 Å². The summed E-state index contributed by atoms with van der Waals surface area (Å²) in [6.45, 7) is 0. The number of thiophene rings is 1. The van der Waals surface area contributed by atoms with Crippen molar-refractivity contribution in [3.05, 3.63) is 169 Å². The summed E-state index contributed by atoms with van der Waals surface area (Å²) in [5.41, 5.74) is 3.09. The average Bonchev–Trinajstić information content (AvgIpc) is 3.65. The van der Waals surface area contributed by atoms with Crippen LogP contribution in [0.2, 0.25) is 0 Å². The maximum absolute atomic E-state index is 4.24. The molecular weight excluding hydrogens is 512 g/mol. The molecule has 0 N–H and O–H groups in total. The van der Waals surface area contributed by atoms with E-state index in [9.17, 15) is 0 Å². The molecule has 7 heteroatoms. The molecule has 0 saturated carbocycles. The van der Waals surface area contributed by atoms with Crippen LogP contribution < -0.4 is 4.90 Å². The van der Waals surface area contributed by atoms with Crippen LogP contribution >= 0.6 is 11.3 Å². The third-order valence-corrected chi connectivity index (χ3v) is 5.84. The number of hydrogen-bond acceptors (Lipinski definition) is 7. The lowest BCUT2D eigenvalue weighted by Crippen LogP contribution is -2.13. The molecule has 3 aromatic carbocycles. The number of benzene rings is 3. The predicted molar refractivity (Wildman–Crippen MR) is 165 cm³/mol. The highest BCUT2D eigenvalue weighted by atomic mass is 32.1. The Bertz CT molecular complexity index is 1380. The Kier molecular flexibility index (Phi) is 11.5. The van der Waals surface area contributed by atoms with Crippen LogP contribution in [-0.4, -0.2) is 24.9 Å². The lowest BCUT2D eigenvalue weighted by Gasteiger charge is -2.22. The Morgan fingerprint density at radius 2 is 1.00 bits per heavy atom. The number of fused-ring (bicyclic) bond motifs is 1. The van der Waals surface area contributed by atoms with E-state index >= 15 is 0 Å². The van der Waals surface area contributed by atoms with Crippen LogP contribution in [-0.2, 0) is 0 Å². The quantitative estimate of drug-likeness (QED) is 0.224. The number of aromatic nitrogens is 5. The average molecular weight is 541 g/mol. The summed E-state index contributed by atoms with van der Waals surface area (Å²) in [6, 6.07) is 41.9. The van der Waals surface area contributed by atoms with Gasteiger partial charge in [0, 0.05) is 35.4 Å². The van der Waals surface area contributed by atoms with E-state index in [0.29, 0.717) is 5.95 Å². The van der Waals surface area contributed by atoms with Gasteiger partial charge in [0.25, 0.3) is 0 Å². The Morgan fingerprint density at radius 3 is 1.50 bits per heavy atom. The highest BCUT2D eigenvalue weighted by Gasteiger charge is 2.13. The topological polar surface area (TPSA) is 67.7 Å². The Balaban J connectivity index is 0.000000145. The first-order chi connectivity index (χ1) is 19.9. The third-order valence-electron chi connectivity index (χ3n) is 5.21. The number of rotatable bonds is 3. The molecule has 4 aromatic heterocycles. The molecule has 0 bridgehead atoms. The minimum Gasteiger partial charge on any atom is -0.279 e. The van der Waals surface area contributed by atoms with Crippen molar-refractivity contribution in [3.63, 3.8) is 0 Å². The van der Waals surface area contributed by atoms with Crippen molar-refractivity contribution in [1.82, 2.24) is 24.9 Å². The molecule has 0 spiro atoms. The molecule has 0 amide bonds. The van der Waals surface area contributed by atoms with Gasteiger partial charge in [0.2, 0.25) is 5.95 Å². The summed E-state index contributed by atoms with van der Waals surface area (Å²) < 4.78 is 0. The van der Waals surface area contributed by atoms with Crippen LogP contribution in [0.3, 0.4) is 0 Å². The van der Waals surface area contributed by atoms with Crippen molar-refractivity contribution >= 4 is 39.6 Å². The maximum atomic E-state index is 4.24. The maximum Gasteiger partial charge on any atom is 0.237 e. The molecular formula is C33H28N6S. The van der Waals surface area contributed by atoms with Crippen molar-refractivity contribution in [2.75, 3.05) is 4.90 Å². The normalized spacial score (nSPS) is 9.50. The lowest BCUT2D eigenvalue weighted by molar-refractivity contribution is 1.01. The van der Waals surface area contributed by atoms with Gasteiger partial charge in [-0.25, -0.2) is 15.0 Å². The van der Waals surface area contributed by atoms with Crippen LogP contribution in [0.1, 0.15) is 0 Å². The minimum absolute atomic E-state index is 0.604. The summed E-state index contributed by atoms with van der Waals surface area (Å²) in [5.74, 6) is 0.604. The highest BCUT2D eigenvalue weighted by molar-refractivity contribution is 7.07. The standard InChI is InChI=1S/C15H12N4.C9H7N.C5H5N.C4H4S/c1-3-7-13(8-4-1)19(14-9-5-2-6-10-14)15-17-11-16-12-18-15;1-2-6-9-8(4-1)5-3-7-10-9;1-2-4-6-5-3-1;1-2-4-5-3-1/h1-12H;1-7H;1-5H;1-4H. The monoisotopic (exact) mass is 540 g/mol. The number of anilines is 3.